The van der Waals surface area contributed by atoms with Gasteiger partial charge in [-0.3, -0.25) is 4.79 Å². The van der Waals surface area contributed by atoms with Crippen molar-refractivity contribution >= 4 is 26.8 Å². The average molecular weight is 385 g/mol. The quantitative estimate of drug-likeness (QED) is 0.707. The summed E-state index contributed by atoms with van der Waals surface area (Å²) in [5.74, 6) is -0.0245. The Morgan fingerprint density at radius 2 is 1.81 bits per heavy atom. The van der Waals surface area contributed by atoms with Crippen LogP contribution in [0.3, 0.4) is 0 Å². The van der Waals surface area contributed by atoms with E-state index >= 15 is 0 Å². The van der Waals surface area contributed by atoms with E-state index < -0.39 is 9.84 Å². The number of nitrogens with zero attached hydrogens (tertiary/aromatic N) is 2. The molecule has 3 aromatic rings. The van der Waals surface area contributed by atoms with Gasteiger partial charge in [-0.25, -0.2) is 13.4 Å². The minimum absolute atomic E-state index is 0.0155. The minimum atomic E-state index is -3.27. The molecule has 0 saturated heterocycles. The van der Waals surface area contributed by atoms with Gasteiger partial charge in [-0.05, 0) is 37.1 Å². The van der Waals surface area contributed by atoms with E-state index in [1.807, 2.05) is 62.4 Å². The molecule has 0 aliphatic rings. The predicted molar refractivity (Wildman–Crippen MR) is 106 cm³/mol. The highest BCUT2D eigenvalue weighted by Gasteiger charge is 2.18. The van der Waals surface area contributed by atoms with Crippen LogP contribution in [0.5, 0.6) is 0 Å². The molecule has 7 heteroatoms. The van der Waals surface area contributed by atoms with E-state index in [1.165, 1.54) is 0 Å². The van der Waals surface area contributed by atoms with Crippen molar-refractivity contribution in [2.24, 2.45) is 0 Å². The van der Waals surface area contributed by atoms with Crippen LogP contribution in [0.2, 0.25) is 0 Å². The molecular formula is C20H23N3O3S. The van der Waals surface area contributed by atoms with Crippen LogP contribution in [0, 0.1) is 6.92 Å². The van der Waals surface area contributed by atoms with Crippen LogP contribution in [0.15, 0.2) is 48.5 Å². The second-order valence-corrected chi connectivity index (χ2v) is 8.96. The van der Waals surface area contributed by atoms with Crippen molar-refractivity contribution in [3.05, 3.63) is 65.5 Å². The molecule has 1 N–H and O–H groups in total. The monoisotopic (exact) mass is 385 g/mol. The van der Waals surface area contributed by atoms with Gasteiger partial charge in [0.05, 0.1) is 17.1 Å². The second-order valence-electron chi connectivity index (χ2n) is 6.82. The number of aryl methyl sites for hydroxylation is 1. The summed E-state index contributed by atoms with van der Waals surface area (Å²) in [6.07, 6.45) is 1.16. The minimum Gasteiger partial charge on any atom is -0.348 e. The van der Waals surface area contributed by atoms with E-state index in [9.17, 15) is 13.2 Å². The molecule has 1 atom stereocenters. The predicted octanol–water partition coefficient (Wildman–Crippen LogP) is 2.77. The van der Waals surface area contributed by atoms with E-state index in [0.717, 1.165) is 22.9 Å². The number of sulfone groups is 1. The number of aromatic nitrogens is 2. The van der Waals surface area contributed by atoms with Gasteiger partial charge in [-0.2, -0.15) is 0 Å². The van der Waals surface area contributed by atoms with Crippen molar-refractivity contribution in [2.45, 2.75) is 32.2 Å². The smallest absolute Gasteiger partial charge is 0.240 e. The van der Waals surface area contributed by atoms with Gasteiger partial charge in [-0.15, -0.1) is 0 Å². The number of carbonyl (C=O) groups excluding carboxylic acids is 1. The molecule has 0 fully saturated rings. The molecule has 142 valence electrons. The molecule has 3 rings (SSSR count). The topological polar surface area (TPSA) is 81.1 Å². The zero-order chi connectivity index (χ0) is 19.6. The van der Waals surface area contributed by atoms with Crippen molar-refractivity contribution in [1.29, 1.82) is 0 Å². The molecule has 0 spiro atoms. The lowest BCUT2D eigenvalue weighted by atomic mass is 10.0. The fraction of sp³-hybridized carbons (Fsp3) is 0.300. The summed E-state index contributed by atoms with van der Waals surface area (Å²) in [4.78, 5) is 17.1. The Balaban J connectivity index is 1.86. The number of rotatable bonds is 6. The van der Waals surface area contributed by atoms with E-state index in [4.69, 9.17) is 0 Å². The summed E-state index contributed by atoms with van der Waals surface area (Å²) in [6, 6.07) is 15.1. The number of nitrogens with one attached hydrogen (secondary N) is 1. The molecule has 1 aromatic heterocycles. The van der Waals surface area contributed by atoms with Crippen molar-refractivity contribution in [3.8, 4) is 0 Å². The Morgan fingerprint density at radius 1 is 1.15 bits per heavy atom. The van der Waals surface area contributed by atoms with E-state index in [0.29, 0.717) is 11.3 Å². The van der Waals surface area contributed by atoms with Crippen molar-refractivity contribution < 1.29 is 13.2 Å². The maximum atomic E-state index is 12.7. The molecule has 1 heterocycles. The van der Waals surface area contributed by atoms with Crippen LogP contribution < -0.4 is 5.32 Å². The van der Waals surface area contributed by atoms with Gasteiger partial charge >= 0.3 is 0 Å². The first kappa shape index (κ1) is 19.1. The van der Waals surface area contributed by atoms with Crippen molar-refractivity contribution in [2.75, 3.05) is 6.26 Å². The number of fused-ring (bicyclic) bond motifs is 1. The van der Waals surface area contributed by atoms with Gasteiger partial charge in [0.25, 0.3) is 0 Å². The molecule has 27 heavy (non-hydrogen) atoms. The number of amides is 1. The summed E-state index contributed by atoms with van der Waals surface area (Å²) in [5.41, 5.74) is 3.58. The molecule has 0 bridgehead atoms. The molecule has 6 nitrogen and oxygen atoms in total. The first-order chi connectivity index (χ1) is 12.7. The third-order valence-corrected chi connectivity index (χ3v) is 5.24. The van der Waals surface area contributed by atoms with Gasteiger partial charge in [0.1, 0.15) is 18.1 Å². The summed E-state index contributed by atoms with van der Waals surface area (Å²) >= 11 is 0. The van der Waals surface area contributed by atoms with Crippen LogP contribution in [0.4, 0.5) is 0 Å². The van der Waals surface area contributed by atoms with Crippen LogP contribution >= 0.6 is 0 Å². The highest BCUT2D eigenvalue weighted by molar-refractivity contribution is 7.89. The van der Waals surface area contributed by atoms with Crippen LogP contribution in [-0.4, -0.2) is 30.1 Å². The van der Waals surface area contributed by atoms with Gasteiger partial charge in [-0.1, -0.05) is 36.4 Å². The van der Waals surface area contributed by atoms with E-state index in [1.54, 1.807) is 4.57 Å². The zero-order valence-electron chi connectivity index (χ0n) is 15.6. The van der Waals surface area contributed by atoms with Crippen LogP contribution in [0.1, 0.15) is 29.9 Å². The number of para-hydroxylation sites is 2. The fourth-order valence-electron chi connectivity index (χ4n) is 3.23. The van der Waals surface area contributed by atoms with Gasteiger partial charge in [0.2, 0.25) is 5.91 Å². The standard InChI is InChI=1S/C20H23N3O3S/c1-14-8-4-5-9-16(14)15(2)21-20(24)12-23-18-11-7-6-10-17(18)22-19(23)13-27(3,25)26/h4-11,15H,12-13H2,1-3H3,(H,21,24)/t15-/m1/s1. The maximum Gasteiger partial charge on any atom is 0.240 e. The molecule has 0 saturated carbocycles. The first-order valence-corrected chi connectivity index (χ1v) is 10.8. The largest absolute Gasteiger partial charge is 0.348 e. The summed E-state index contributed by atoms with van der Waals surface area (Å²) < 4.78 is 25.2. The van der Waals surface area contributed by atoms with Crippen LogP contribution in [0.25, 0.3) is 11.0 Å². The molecule has 2 aromatic carbocycles. The average Bonchev–Trinajstić information content (AvgIpc) is 2.90. The Hall–Kier alpha value is -2.67. The normalized spacial score (nSPS) is 12.9. The molecule has 1 amide bonds. The lowest BCUT2D eigenvalue weighted by Gasteiger charge is -2.17. The molecule has 0 radical (unpaired) electrons. The first-order valence-electron chi connectivity index (χ1n) is 8.71. The van der Waals surface area contributed by atoms with Gasteiger partial charge < -0.3 is 9.88 Å². The summed E-state index contributed by atoms with van der Waals surface area (Å²) in [5, 5.41) is 2.99. The Labute approximate surface area is 159 Å². The molecule has 0 unspecified atom stereocenters. The number of hydrogen-bond acceptors (Lipinski definition) is 4. The number of benzene rings is 2. The van der Waals surface area contributed by atoms with Gasteiger partial charge in [0, 0.05) is 6.26 Å². The van der Waals surface area contributed by atoms with Crippen molar-refractivity contribution in [3.63, 3.8) is 0 Å². The Kier molecular flexibility index (Phi) is 5.32. The number of carbonyl (C=O) groups is 1. The second kappa shape index (κ2) is 7.52. The Morgan fingerprint density at radius 3 is 2.52 bits per heavy atom. The number of hydrogen-bond donors (Lipinski definition) is 1. The SMILES string of the molecule is Cc1ccccc1[C@@H](C)NC(=O)Cn1c(CS(C)(=O)=O)nc2ccccc21. The third-order valence-electron chi connectivity index (χ3n) is 4.46. The molecule has 0 aliphatic heterocycles. The maximum absolute atomic E-state index is 12.7. The molecular weight excluding hydrogens is 362 g/mol. The Bertz CT molecular complexity index is 1090. The van der Waals surface area contributed by atoms with Gasteiger partial charge in [0.15, 0.2) is 9.84 Å². The highest BCUT2D eigenvalue weighted by atomic mass is 32.2. The lowest BCUT2D eigenvalue weighted by Crippen LogP contribution is -2.31. The van der Waals surface area contributed by atoms with Crippen LogP contribution in [-0.2, 0) is 26.9 Å². The summed E-state index contributed by atoms with van der Waals surface area (Å²) in [7, 11) is -3.27. The highest BCUT2D eigenvalue weighted by Crippen LogP contribution is 2.19. The van der Waals surface area contributed by atoms with Crippen molar-refractivity contribution in [1.82, 2.24) is 14.9 Å². The summed E-state index contributed by atoms with van der Waals surface area (Å²) in [6.45, 7) is 3.96. The fourth-order valence-corrected chi connectivity index (χ4v) is 3.92. The van der Waals surface area contributed by atoms with E-state index in [-0.39, 0.29) is 24.2 Å². The third kappa shape index (κ3) is 4.54. The molecule has 0 aliphatic carbocycles. The zero-order valence-corrected chi connectivity index (χ0v) is 16.5. The van der Waals surface area contributed by atoms with E-state index in [2.05, 4.69) is 10.3 Å². The lowest BCUT2D eigenvalue weighted by molar-refractivity contribution is -0.122. The number of imidazole rings is 1.